The van der Waals surface area contributed by atoms with E-state index in [0.717, 1.165) is 29.9 Å². The minimum Gasteiger partial charge on any atom is -0.378 e. The van der Waals surface area contributed by atoms with Crippen molar-refractivity contribution in [3.05, 3.63) is 47.5 Å². The maximum atomic E-state index is 9.19. The van der Waals surface area contributed by atoms with Crippen LogP contribution < -0.4 is 5.32 Å². The number of hydrogen-bond donors (Lipinski definition) is 1. The molecule has 0 amide bonds. The largest absolute Gasteiger partial charge is 0.378 e. The highest BCUT2D eigenvalue weighted by molar-refractivity contribution is 5.60. The van der Waals surface area contributed by atoms with Crippen molar-refractivity contribution < 1.29 is 0 Å². The van der Waals surface area contributed by atoms with Gasteiger partial charge in [-0.05, 0) is 25.0 Å². The Labute approximate surface area is 113 Å². The molecule has 0 aliphatic heterocycles. The van der Waals surface area contributed by atoms with Gasteiger partial charge < -0.3 is 9.88 Å². The van der Waals surface area contributed by atoms with Crippen LogP contribution in [0.3, 0.4) is 0 Å². The van der Waals surface area contributed by atoms with Crippen LogP contribution >= 0.6 is 0 Å². The quantitative estimate of drug-likeness (QED) is 0.892. The van der Waals surface area contributed by atoms with Gasteiger partial charge in [-0.25, -0.2) is 4.98 Å². The molecule has 4 nitrogen and oxygen atoms in total. The SMILES string of the molecule is CCCn1cncc1CNc1cccc(C)c1C#N. The molecule has 0 radical (unpaired) electrons. The third-order valence-electron chi connectivity index (χ3n) is 3.11. The fourth-order valence-electron chi connectivity index (χ4n) is 2.09. The third-order valence-corrected chi connectivity index (χ3v) is 3.11. The van der Waals surface area contributed by atoms with Gasteiger partial charge in [0.1, 0.15) is 6.07 Å². The number of rotatable bonds is 5. The molecule has 0 saturated heterocycles. The van der Waals surface area contributed by atoms with Gasteiger partial charge in [0.05, 0.1) is 29.8 Å². The molecule has 1 N–H and O–H groups in total. The van der Waals surface area contributed by atoms with Crippen molar-refractivity contribution >= 4 is 5.69 Å². The van der Waals surface area contributed by atoms with Crippen LogP contribution in [0, 0.1) is 18.3 Å². The number of benzene rings is 1. The number of hydrogen-bond acceptors (Lipinski definition) is 3. The summed E-state index contributed by atoms with van der Waals surface area (Å²) < 4.78 is 2.13. The van der Waals surface area contributed by atoms with Gasteiger partial charge in [-0.2, -0.15) is 5.26 Å². The fraction of sp³-hybridized carbons (Fsp3) is 0.333. The summed E-state index contributed by atoms with van der Waals surface area (Å²) >= 11 is 0. The summed E-state index contributed by atoms with van der Waals surface area (Å²) in [4.78, 5) is 4.17. The maximum absolute atomic E-state index is 9.19. The van der Waals surface area contributed by atoms with Crippen molar-refractivity contribution in [2.75, 3.05) is 5.32 Å². The first kappa shape index (κ1) is 13.2. The van der Waals surface area contributed by atoms with Gasteiger partial charge in [-0.1, -0.05) is 19.1 Å². The van der Waals surface area contributed by atoms with Crippen molar-refractivity contribution in [2.45, 2.75) is 33.4 Å². The van der Waals surface area contributed by atoms with Crippen LogP contribution in [0.4, 0.5) is 5.69 Å². The van der Waals surface area contributed by atoms with E-state index in [4.69, 9.17) is 0 Å². The number of aryl methyl sites for hydroxylation is 2. The van der Waals surface area contributed by atoms with Gasteiger partial charge in [0.25, 0.3) is 0 Å². The summed E-state index contributed by atoms with van der Waals surface area (Å²) in [6, 6.07) is 8.10. The number of nitrogens with zero attached hydrogens (tertiary/aromatic N) is 3. The Morgan fingerprint density at radius 2 is 2.26 bits per heavy atom. The van der Waals surface area contributed by atoms with Crippen molar-refractivity contribution in [2.24, 2.45) is 0 Å². The lowest BCUT2D eigenvalue weighted by molar-refractivity contribution is 0.651. The lowest BCUT2D eigenvalue weighted by Crippen LogP contribution is -2.08. The Hall–Kier alpha value is -2.28. The van der Waals surface area contributed by atoms with Gasteiger partial charge >= 0.3 is 0 Å². The second-order valence-corrected chi connectivity index (χ2v) is 4.54. The second-order valence-electron chi connectivity index (χ2n) is 4.54. The Bertz CT molecular complexity index is 592. The van der Waals surface area contributed by atoms with Crippen LogP contribution in [0.25, 0.3) is 0 Å². The first-order valence-corrected chi connectivity index (χ1v) is 6.48. The fourth-order valence-corrected chi connectivity index (χ4v) is 2.09. The molecule has 2 rings (SSSR count). The average Bonchev–Trinajstić information content (AvgIpc) is 2.84. The molecule has 19 heavy (non-hydrogen) atoms. The molecule has 0 bridgehead atoms. The van der Waals surface area contributed by atoms with Gasteiger partial charge in [0.15, 0.2) is 0 Å². The van der Waals surface area contributed by atoms with E-state index >= 15 is 0 Å². The summed E-state index contributed by atoms with van der Waals surface area (Å²) in [5.41, 5.74) is 3.72. The van der Waals surface area contributed by atoms with Gasteiger partial charge in [-0.15, -0.1) is 0 Å². The number of nitrogens with one attached hydrogen (secondary N) is 1. The van der Waals surface area contributed by atoms with Crippen LogP contribution in [0.2, 0.25) is 0 Å². The smallest absolute Gasteiger partial charge is 0.102 e. The van der Waals surface area contributed by atoms with E-state index in [-0.39, 0.29) is 0 Å². The van der Waals surface area contributed by atoms with Gasteiger partial charge in [-0.3, -0.25) is 0 Å². The van der Waals surface area contributed by atoms with Crippen molar-refractivity contribution in [1.82, 2.24) is 9.55 Å². The molecule has 0 atom stereocenters. The predicted octanol–water partition coefficient (Wildman–Crippen LogP) is 3.09. The number of imidazole rings is 1. The average molecular weight is 254 g/mol. The standard InChI is InChI=1S/C15H18N4/c1-3-7-19-11-17-9-13(19)10-18-15-6-4-5-12(2)14(15)8-16/h4-6,9,11,18H,3,7,10H2,1-2H3. The van der Waals surface area contributed by atoms with E-state index in [0.29, 0.717) is 12.1 Å². The monoisotopic (exact) mass is 254 g/mol. The van der Waals surface area contributed by atoms with Crippen LogP contribution in [0.1, 0.15) is 30.2 Å². The topological polar surface area (TPSA) is 53.6 Å². The van der Waals surface area contributed by atoms with Crippen molar-refractivity contribution in [3.63, 3.8) is 0 Å². The van der Waals surface area contributed by atoms with E-state index in [1.54, 1.807) is 0 Å². The molecule has 4 heteroatoms. The van der Waals surface area contributed by atoms with Crippen molar-refractivity contribution in [3.8, 4) is 6.07 Å². The Kier molecular flexibility index (Phi) is 4.19. The molecule has 1 aromatic heterocycles. The lowest BCUT2D eigenvalue weighted by atomic mass is 10.1. The Morgan fingerprint density at radius 1 is 1.42 bits per heavy atom. The Balaban J connectivity index is 2.13. The molecule has 0 fully saturated rings. The molecule has 2 aromatic rings. The summed E-state index contributed by atoms with van der Waals surface area (Å²) in [6.45, 7) is 5.74. The van der Waals surface area contributed by atoms with Crippen molar-refractivity contribution in [1.29, 1.82) is 5.26 Å². The molecule has 0 spiro atoms. The molecular formula is C15H18N4. The van der Waals surface area contributed by atoms with Crippen LogP contribution in [0.5, 0.6) is 0 Å². The molecule has 1 heterocycles. The van der Waals surface area contributed by atoms with Crippen LogP contribution in [-0.2, 0) is 13.1 Å². The zero-order valence-corrected chi connectivity index (χ0v) is 11.3. The third kappa shape index (κ3) is 2.94. The predicted molar refractivity (Wildman–Crippen MR) is 75.7 cm³/mol. The molecule has 0 aliphatic carbocycles. The normalized spacial score (nSPS) is 10.2. The summed E-state index contributed by atoms with van der Waals surface area (Å²) in [5.74, 6) is 0. The van der Waals surface area contributed by atoms with E-state index in [2.05, 4.69) is 27.9 Å². The molecule has 0 unspecified atom stereocenters. The molecule has 0 saturated carbocycles. The highest BCUT2D eigenvalue weighted by Crippen LogP contribution is 2.19. The van der Waals surface area contributed by atoms with Crippen LogP contribution in [-0.4, -0.2) is 9.55 Å². The maximum Gasteiger partial charge on any atom is 0.102 e. The number of aromatic nitrogens is 2. The zero-order valence-electron chi connectivity index (χ0n) is 11.3. The van der Waals surface area contributed by atoms with Crippen LogP contribution in [0.15, 0.2) is 30.7 Å². The summed E-state index contributed by atoms with van der Waals surface area (Å²) in [5, 5.41) is 12.5. The molecule has 0 aliphatic rings. The van der Waals surface area contributed by atoms with Gasteiger partial charge in [0, 0.05) is 12.7 Å². The first-order valence-electron chi connectivity index (χ1n) is 6.48. The Morgan fingerprint density at radius 3 is 3.00 bits per heavy atom. The minimum atomic E-state index is 0.679. The van der Waals surface area contributed by atoms with E-state index in [1.165, 1.54) is 0 Å². The molecule has 1 aromatic carbocycles. The number of anilines is 1. The minimum absolute atomic E-state index is 0.679. The summed E-state index contributed by atoms with van der Waals surface area (Å²) in [7, 11) is 0. The van der Waals surface area contributed by atoms with Gasteiger partial charge in [0.2, 0.25) is 0 Å². The van der Waals surface area contributed by atoms with E-state index in [1.807, 2.05) is 37.6 Å². The van der Waals surface area contributed by atoms with E-state index in [9.17, 15) is 5.26 Å². The summed E-state index contributed by atoms with van der Waals surface area (Å²) in [6.07, 6.45) is 4.80. The van der Waals surface area contributed by atoms with E-state index < -0.39 is 0 Å². The lowest BCUT2D eigenvalue weighted by Gasteiger charge is -2.11. The first-order chi connectivity index (χ1) is 9.26. The second kappa shape index (κ2) is 6.05. The number of nitriles is 1. The molecule has 98 valence electrons. The highest BCUT2D eigenvalue weighted by atomic mass is 15.1. The zero-order chi connectivity index (χ0) is 13.7. The highest BCUT2D eigenvalue weighted by Gasteiger charge is 2.06. The molecular weight excluding hydrogens is 236 g/mol.